The summed E-state index contributed by atoms with van der Waals surface area (Å²) in [6.07, 6.45) is 0.898. The number of rotatable bonds is 8. The topological polar surface area (TPSA) is 44.4 Å². The Labute approximate surface area is 154 Å². The molecule has 2 N–H and O–H groups in total. The molecule has 0 unspecified atom stereocenters. The molecule has 0 saturated carbocycles. The van der Waals surface area contributed by atoms with E-state index in [0.717, 1.165) is 24.3 Å². The Kier molecular flexibility index (Phi) is 6.40. The molecule has 3 aromatic rings. The molecule has 0 aliphatic rings. The first kappa shape index (κ1) is 17.7. The molecule has 132 valence electrons. The van der Waals surface area contributed by atoms with Crippen LogP contribution >= 0.6 is 0 Å². The summed E-state index contributed by atoms with van der Waals surface area (Å²) in [5, 5.41) is 5.01. The van der Waals surface area contributed by atoms with Crippen LogP contribution in [-0.4, -0.2) is 19.0 Å². The van der Waals surface area contributed by atoms with Gasteiger partial charge in [0.15, 0.2) is 0 Å². The van der Waals surface area contributed by atoms with Crippen molar-refractivity contribution in [3.63, 3.8) is 0 Å². The quantitative estimate of drug-likeness (QED) is 0.483. The summed E-state index contributed by atoms with van der Waals surface area (Å²) in [6, 6.07) is 29.8. The number of para-hydroxylation sites is 2. The highest BCUT2D eigenvalue weighted by Crippen LogP contribution is 2.22. The van der Waals surface area contributed by atoms with Crippen LogP contribution in [0.3, 0.4) is 0 Å². The Morgan fingerprint density at radius 3 is 1.77 bits per heavy atom. The van der Waals surface area contributed by atoms with Gasteiger partial charge in [0.2, 0.25) is 0 Å². The van der Waals surface area contributed by atoms with E-state index in [2.05, 4.69) is 22.9 Å². The van der Waals surface area contributed by atoms with Crippen LogP contribution in [0.1, 0.15) is 5.56 Å². The minimum Gasteiger partial charge on any atom is -0.308 e. The lowest BCUT2D eigenvalue weighted by atomic mass is 10.1. The second-order valence-electron chi connectivity index (χ2n) is 5.95. The van der Waals surface area contributed by atoms with Crippen molar-refractivity contribution in [1.82, 2.24) is 10.7 Å². The molecule has 26 heavy (non-hydrogen) atoms. The van der Waals surface area contributed by atoms with Gasteiger partial charge in [-0.3, -0.25) is 15.2 Å². The van der Waals surface area contributed by atoms with E-state index >= 15 is 0 Å². The van der Waals surface area contributed by atoms with Crippen LogP contribution in [0.15, 0.2) is 91.0 Å². The number of hydrogen-bond acceptors (Lipinski definition) is 3. The lowest BCUT2D eigenvalue weighted by Crippen LogP contribution is -2.43. The molecule has 0 atom stereocenters. The Bertz CT molecular complexity index is 752. The van der Waals surface area contributed by atoms with Gasteiger partial charge >= 0.3 is 0 Å². The van der Waals surface area contributed by atoms with Gasteiger partial charge in [-0.1, -0.05) is 66.7 Å². The number of hydrazine groups is 1. The van der Waals surface area contributed by atoms with Crippen LogP contribution in [0.2, 0.25) is 0 Å². The summed E-state index contributed by atoms with van der Waals surface area (Å²) in [7, 11) is 0. The summed E-state index contributed by atoms with van der Waals surface area (Å²) in [5.74, 6) is -0.0780. The van der Waals surface area contributed by atoms with Crippen molar-refractivity contribution in [2.75, 3.05) is 18.1 Å². The van der Waals surface area contributed by atoms with E-state index in [4.69, 9.17) is 0 Å². The van der Waals surface area contributed by atoms with Crippen molar-refractivity contribution in [3.05, 3.63) is 96.6 Å². The van der Waals surface area contributed by atoms with Crippen molar-refractivity contribution in [2.45, 2.75) is 6.42 Å². The number of carbonyl (C=O) groups excluding carboxylic acids is 1. The molecule has 0 aliphatic heterocycles. The summed E-state index contributed by atoms with van der Waals surface area (Å²) in [4.78, 5) is 12.4. The highest BCUT2D eigenvalue weighted by atomic mass is 16.2. The zero-order valence-electron chi connectivity index (χ0n) is 14.6. The third kappa shape index (κ3) is 5.19. The van der Waals surface area contributed by atoms with Gasteiger partial charge in [0.05, 0.1) is 17.9 Å². The standard InChI is InChI=1S/C22H23N3O/c26-22(18-23-17-16-19-10-4-1-5-11-19)24-25(20-12-6-2-7-13-20)21-14-8-3-9-15-21/h1-15,23H,16-18H2,(H,24,26). The van der Waals surface area contributed by atoms with E-state index in [-0.39, 0.29) is 12.5 Å². The average molecular weight is 345 g/mol. The molecule has 0 fully saturated rings. The second-order valence-corrected chi connectivity index (χ2v) is 5.95. The number of hydrogen-bond donors (Lipinski definition) is 2. The lowest BCUT2D eigenvalue weighted by molar-refractivity contribution is -0.120. The highest BCUT2D eigenvalue weighted by molar-refractivity contribution is 5.82. The fraction of sp³-hybridized carbons (Fsp3) is 0.136. The average Bonchev–Trinajstić information content (AvgIpc) is 2.71. The van der Waals surface area contributed by atoms with Crippen molar-refractivity contribution >= 4 is 17.3 Å². The fourth-order valence-corrected chi connectivity index (χ4v) is 2.68. The van der Waals surface area contributed by atoms with Crippen molar-refractivity contribution in [2.24, 2.45) is 0 Å². The second kappa shape index (κ2) is 9.39. The van der Waals surface area contributed by atoms with Crippen LogP contribution in [0.25, 0.3) is 0 Å². The van der Waals surface area contributed by atoms with Crippen LogP contribution in [0.5, 0.6) is 0 Å². The van der Waals surface area contributed by atoms with Gasteiger partial charge in [0, 0.05) is 0 Å². The third-order valence-corrected chi connectivity index (χ3v) is 3.98. The van der Waals surface area contributed by atoms with Crippen LogP contribution < -0.4 is 15.8 Å². The van der Waals surface area contributed by atoms with Crippen molar-refractivity contribution in [3.8, 4) is 0 Å². The molecular formula is C22H23N3O. The Balaban J connectivity index is 1.56. The molecule has 0 aliphatic carbocycles. The smallest absolute Gasteiger partial charge is 0.252 e. The number of nitrogens with zero attached hydrogens (tertiary/aromatic N) is 1. The highest BCUT2D eigenvalue weighted by Gasteiger charge is 2.12. The summed E-state index contributed by atoms with van der Waals surface area (Å²) < 4.78 is 0. The summed E-state index contributed by atoms with van der Waals surface area (Å²) in [6.45, 7) is 1.02. The number of anilines is 2. The monoisotopic (exact) mass is 345 g/mol. The minimum absolute atomic E-state index is 0.0780. The largest absolute Gasteiger partial charge is 0.308 e. The predicted octanol–water partition coefficient (Wildman–Crippen LogP) is 3.69. The van der Waals surface area contributed by atoms with E-state index in [1.807, 2.05) is 78.9 Å². The van der Waals surface area contributed by atoms with E-state index in [0.29, 0.717) is 0 Å². The zero-order chi connectivity index (χ0) is 18.0. The SMILES string of the molecule is O=C(CNCCc1ccccc1)NN(c1ccccc1)c1ccccc1. The van der Waals surface area contributed by atoms with Crippen molar-refractivity contribution < 1.29 is 4.79 Å². The summed E-state index contributed by atoms with van der Waals surface area (Å²) >= 11 is 0. The van der Waals surface area contributed by atoms with Gasteiger partial charge in [0.1, 0.15) is 0 Å². The number of carbonyl (C=O) groups is 1. The molecule has 0 heterocycles. The van der Waals surface area contributed by atoms with Gasteiger partial charge in [-0.15, -0.1) is 0 Å². The van der Waals surface area contributed by atoms with Gasteiger partial charge in [-0.2, -0.15) is 0 Å². The fourth-order valence-electron chi connectivity index (χ4n) is 2.68. The van der Waals surface area contributed by atoms with Crippen molar-refractivity contribution in [1.29, 1.82) is 0 Å². The Morgan fingerprint density at radius 2 is 1.23 bits per heavy atom. The number of benzene rings is 3. The van der Waals surface area contributed by atoms with Gasteiger partial charge in [-0.25, -0.2) is 0 Å². The minimum atomic E-state index is -0.0780. The van der Waals surface area contributed by atoms with Gasteiger partial charge in [0.25, 0.3) is 5.91 Å². The normalized spacial score (nSPS) is 10.3. The van der Waals surface area contributed by atoms with E-state index < -0.39 is 0 Å². The molecule has 3 aromatic carbocycles. The lowest BCUT2D eigenvalue weighted by Gasteiger charge is -2.25. The van der Waals surface area contributed by atoms with E-state index in [9.17, 15) is 4.79 Å². The molecule has 0 spiro atoms. The van der Waals surface area contributed by atoms with Gasteiger partial charge < -0.3 is 5.32 Å². The molecule has 4 heteroatoms. The maximum absolute atomic E-state index is 12.4. The van der Waals surface area contributed by atoms with Crippen LogP contribution in [0.4, 0.5) is 11.4 Å². The molecular weight excluding hydrogens is 322 g/mol. The Morgan fingerprint density at radius 1 is 0.731 bits per heavy atom. The summed E-state index contributed by atoms with van der Waals surface area (Å²) in [5.41, 5.74) is 6.07. The zero-order valence-corrected chi connectivity index (χ0v) is 14.6. The number of amides is 1. The first-order chi connectivity index (χ1) is 12.8. The number of nitrogens with one attached hydrogen (secondary N) is 2. The van der Waals surface area contributed by atoms with Crippen LogP contribution in [0, 0.1) is 0 Å². The maximum Gasteiger partial charge on any atom is 0.252 e. The molecule has 3 rings (SSSR count). The molecule has 0 aromatic heterocycles. The van der Waals surface area contributed by atoms with Crippen LogP contribution in [-0.2, 0) is 11.2 Å². The molecule has 0 radical (unpaired) electrons. The predicted molar refractivity (Wildman–Crippen MR) is 106 cm³/mol. The molecule has 0 saturated heterocycles. The first-order valence-electron chi connectivity index (χ1n) is 8.77. The van der Waals surface area contributed by atoms with Gasteiger partial charge in [-0.05, 0) is 42.8 Å². The Hall–Kier alpha value is -3.11. The molecule has 4 nitrogen and oxygen atoms in total. The third-order valence-electron chi connectivity index (χ3n) is 3.98. The van der Waals surface area contributed by atoms with E-state index in [1.165, 1.54) is 5.56 Å². The molecule has 0 bridgehead atoms. The first-order valence-corrected chi connectivity index (χ1v) is 8.77. The van der Waals surface area contributed by atoms with E-state index in [1.54, 1.807) is 5.01 Å². The maximum atomic E-state index is 12.4. The molecule has 1 amide bonds.